The summed E-state index contributed by atoms with van der Waals surface area (Å²) in [5.41, 5.74) is 1.93. The van der Waals surface area contributed by atoms with Crippen molar-refractivity contribution in [3.05, 3.63) is 29.8 Å². The van der Waals surface area contributed by atoms with Crippen LogP contribution in [0.2, 0.25) is 0 Å². The van der Waals surface area contributed by atoms with Crippen LogP contribution < -0.4 is 4.90 Å². The Bertz CT molecular complexity index is 675. The van der Waals surface area contributed by atoms with Gasteiger partial charge >= 0.3 is 0 Å². The van der Waals surface area contributed by atoms with Crippen molar-refractivity contribution < 1.29 is 14.3 Å². The van der Waals surface area contributed by atoms with E-state index in [1.807, 2.05) is 38.1 Å². The summed E-state index contributed by atoms with van der Waals surface area (Å²) in [6.45, 7) is 6.80. The van der Waals surface area contributed by atoms with Crippen LogP contribution in [0, 0.1) is 18.3 Å². The zero-order valence-electron chi connectivity index (χ0n) is 16.4. The number of ether oxygens (including phenoxy) is 1. The van der Waals surface area contributed by atoms with Crippen molar-refractivity contribution in [2.24, 2.45) is 0 Å². The first-order valence-corrected chi connectivity index (χ1v) is 9.23. The van der Waals surface area contributed by atoms with Crippen molar-refractivity contribution in [2.75, 3.05) is 51.3 Å². The summed E-state index contributed by atoms with van der Waals surface area (Å²) in [7, 11) is 1.51. The number of piperazine rings is 1. The smallest absolute Gasteiger partial charge is 0.248 e. The summed E-state index contributed by atoms with van der Waals surface area (Å²) in [6.07, 6.45) is 0.283. The molecule has 1 aromatic carbocycles. The summed E-state index contributed by atoms with van der Waals surface area (Å²) < 4.78 is 4.90. The largest absolute Gasteiger partial charge is 0.375 e. The molecule has 0 aliphatic carbocycles. The minimum atomic E-state index is -0.315. The molecule has 1 heterocycles. The average molecular weight is 372 g/mol. The molecule has 1 atom stereocenters. The van der Waals surface area contributed by atoms with E-state index in [4.69, 9.17) is 10.00 Å². The average Bonchev–Trinajstić information content (AvgIpc) is 2.69. The summed E-state index contributed by atoms with van der Waals surface area (Å²) in [5, 5.41) is 8.95. The molecule has 0 bridgehead atoms. The van der Waals surface area contributed by atoms with Gasteiger partial charge in [0.25, 0.3) is 0 Å². The maximum Gasteiger partial charge on any atom is 0.248 e. The van der Waals surface area contributed by atoms with E-state index in [0.29, 0.717) is 32.7 Å². The van der Waals surface area contributed by atoms with Crippen LogP contribution in [0.1, 0.15) is 18.9 Å². The highest BCUT2D eigenvalue weighted by atomic mass is 16.5. The fraction of sp³-hybridized carbons (Fsp3) is 0.550. The van der Waals surface area contributed by atoms with Crippen molar-refractivity contribution >= 4 is 17.5 Å². The molecule has 0 radical (unpaired) electrons. The third kappa shape index (κ3) is 5.52. The molecule has 1 aliphatic rings. The SMILES string of the molecule is COCC(=O)N1CCN(C(C)C(=O)N(CCC#N)c2ccc(C)cc2)CC1. The summed E-state index contributed by atoms with van der Waals surface area (Å²) in [5.74, 6) is -0.0443. The first-order valence-electron chi connectivity index (χ1n) is 9.23. The molecule has 0 N–H and O–H groups in total. The molecule has 7 nitrogen and oxygen atoms in total. The molecule has 0 spiro atoms. The van der Waals surface area contributed by atoms with Crippen LogP contribution in [-0.4, -0.2) is 74.1 Å². The fourth-order valence-corrected chi connectivity index (χ4v) is 3.21. The number of methoxy groups -OCH3 is 1. The molecule has 1 saturated heterocycles. The van der Waals surface area contributed by atoms with Gasteiger partial charge in [0.2, 0.25) is 11.8 Å². The number of hydrogen-bond acceptors (Lipinski definition) is 5. The maximum absolute atomic E-state index is 13.1. The number of amides is 2. The molecule has 0 aromatic heterocycles. The van der Waals surface area contributed by atoms with Crippen LogP contribution in [-0.2, 0) is 14.3 Å². The molecule has 27 heavy (non-hydrogen) atoms. The number of rotatable bonds is 7. The maximum atomic E-state index is 13.1. The monoisotopic (exact) mass is 372 g/mol. The number of nitriles is 1. The Hall–Kier alpha value is -2.43. The predicted molar refractivity (Wildman–Crippen MR) is 103 cm³/mol. The highest BCUT2D eigenvalue weighted by Crippen LogP contribution is 2.19. The van der Waals surface area contributed by atoms with Crippen molar-refractivity contribution in [1.82, 2.24) is 9.80 Å². The third-order valence-electron chi connectivity index (χ3n) is 4.90. The van der Waals surface area contributed by atoms with Crippen molar-refractivity contribution in [3.63, 3.8) is 0 Å². The van der Waals surface area contributed by atoms with Crippen LogP contribution in [0.4, 0.5) is 5.69 Å². The Balaban J connectivity index is 2.03. The van der Waals surface area contributed by atoms with Crippen LogP contribution in [0.5, 0.6) is 0 Å². The second-order valence-electron chi connectivity index (χ2n) is 6.76. The van der Waals surface area contributed by atoms with Gasteiger partial charge in [-0.15, -0.1) is 0 Å². The lowest BCUT2D eigenvalue weighted by atomic mass is 10.1. The molecule has 1 unspecified atom stereocenters. The normalized spacial score (nSPS) is 15.9. The number of aryl methyl sites for hydroxylation is 1. The Morgan fingerprint density at radius 3 is 2.41 bits per heavy atom. The number of carbonyl (C=O) groups is 2. The topological polar surface area (TPSA) is 76.9 Å². The minimum Gasteiger partial charge on any atom is -0.375 e. The summed E-state index contributed by atoms with van der Waals surface area (Å²) in [6, 6.07) is 9.57. The predicted octanol–water partition coefficient (Wildman–Crippen LogP) is 1.42. The fourth-order valence-electron chi connectivity index (χ4n) is 3.21. The Labute approximate surface area is 161 Å². The first-order chi connectivity index (χ1) is 13.0. The first kappa shape index (κ1) is 20.9. The number of anilines is 1. The Kier molecular flexibility index (Phi) is 7.77. The molecular formula is C20H28N4O3. The molecule has 1 fully saturated rings. The van der Waals surface area contributed by atoms with Crippen molar-refractivity contribution in [1.29, 1.82) is 5.26 Å². The molecule has 2 amide bonds. The van der Waals surface area contributed by atoms with Crippen LogP contribution in [0.25, 0.3) is 0 Å². The van der Waals surface area contributed by atoms with Gasteiger partial charge in [-0.3, -0.25) is 14.5 Å². The molecule has 146 valence electrons. The minimum absolute atomic E-state index is 0.0218. The Morgan fingerprint density at radius 1 is 1.22 bits per heavy atom. The molecular weight excluding hydrogens is 344 g/mol. The molecule has 1 aliphatic heterocycles. The van der Waals surface area contributed by atoms with Gasteiger partial charge in [0, 0.05) is 45.5 Å². The van der Waals surface area contributed by atoms with Crippen molar-refractivity contribution in [3.8, 4) is 6.07 Å². The lowest BCUT2D eigenvalue weighted by Crippen LogP contribution is -2.56. The highest BCUT2D eigenvalue weighted by Gasteiger charge is 2.30. The lowest BCUT2D eigenvalue weighted by molar-refractivity contribution is -0.137. The van der Waals surface area contributed by atoms with Gasteiger partial charge in [-0.1, -0.05) is 17.7 Å². The highest BCUT2D eigenvalue weighted by molar-refractivity contribution is 5.97. The van der Waals surface area contributed by atoms with Gasteiger partial charge in [-0.05, 0) is 26.0 Å². The number of hydrogen-bond donors (Lipinski definition) is 0. The van der Waals surface area contributed by atoms with Gasteiger partial charge in [-0.2, -0.15) is 5.26 Å². The summed E-state index contributed by atoms with van der Waals surface area (Å²) in [4.78, 5) is 30.6. The van der Waals surface area contributed by atoms with Crippen LogP contribution in [0.15, 0.2) is 24.3 Å². The van der Waals surface area contributed by atoms with Crippen molar-refractivity contribution in [2.45, 2.75) is 26.3 Å². The molecule has 0 saturated carbocycles. The lowest BCUT2D eigenvalue weighted by Gasteiger charge is -2.39. The van der Waals surface area contributed by atoms with E-state index in [9.17, 15) is 9.59 Å². The number of benzene rings is 1. The van der Waals surface area contributed by atoms with Gasteiger partial charge in [0.05, 0.1) is 18.5 Å². The standard InChI is InChI=1S/C20H28N4O3/c1-16-5-7-18(8-6-16)24(10-4-9-21)20(26)17(2)22-11-13-23(14-12-22)19(25)15-27-3/h5-8,17H,4,10-15H2,1-3H3. The Morgan fingerprint density at radius 2 is 1.85 bits per heavy atom. The summed E-state index contributed by atoms with van der Waals surface area (Å²) >= 11 is 0. The number of nitrogens with zero attached hydrogens (tertiary/aromatic N) is 4. The van der Waals surface area contributed by atoms with E-state index in [1.165, 1.54) is 7.11 Å². The second-order valence-corrected chi connectivity index (χ2v) is 6.76. The van der Waals surface area contributed by atoms with Crippen LogP contribution in [0.3, 0.4) is 0 Å². The van der Waals surface area contributed by atoms with E-state index < -0.39 is 0 Å². The van der Waals surface area contributed by atoms with Gasteiger partial charge < -0.3 is 14.5 Å². The van der Waals surface area contributed by atoms with Gasteiger partial charge in [0.1, 0.15) is 6.61 Å². The third-order valence-corrected chi connectivity index (χ3v) is 4.90. The van der Waals surface area contributed by atoms with Gasteiger partial charge in [0.15, 0.2) is 0 Å². The van der Waals surface area contributed by atoms with E-state index in [2.05, 4.69) is 11.0 Å². The molecule has 7 heteroatoms. The number of carbonyl (C=O) groups excluding carboxylic acids is 2. The van der Waals surface area contributed by atoms with Crippen LogP contribution >= 0.6 is 0 Å². The zero-order chi connectivity index (χ0) is 19.8. The van der Waals surface area contributed by atoms with E-state index in [0.717, 1.165) is 11.3 Å². The van der Waals surface area contributed by atoms with E-state index in [-0.39, 0.29) is 30.9 Å². The zero-order valence-corrected chi connectivity index (χ0v) is 16.4. The quantitative estimate of drug-likeness (QED) is 0.723. The molecule has 2 rings (SSSR count). The second kappa shape index (κ2) is 10.0. The van der Waals surface area contributed by atoms with Gasteiger partial charge in [-0.25, -0.2) is 0 Å². The molecule has 1 aromatic rings. The van der Waals surface area contributed by atoms with E-state index in [1.54, 1.807) is 9.80 Å². The van der Waals surface area contributed by atoms with E-state index >= 15 is 0 Å².